The van der Waals surface area contributed by atoms with Gasteiger partial charge in [-0.05, 0) is 37.1 Å². The molecule has 1 aliphatic rings. The van der Waals surface area contributed by atoms with Crippen LogP contribution in [0.4, 0.5) is 10.1 Å². The molecule has 1 fully saturated rings. The summed E-state index contributed by atoms with van der Waals surface area (Å²) in [7, 11) is 0. The quantitative estimate of drug-likeness (QED) is 0.527. The monoisotopic (exact) mass is 390 g/mol. The fraction of sp³-hybridized carbons (Fsp3) is 0.136. The van der Waals surface area contributed by atoms with Crippen LogP contribution in [0, 0.1) is 5.82 Å². The summed E-state index contributed by atoms with van der Waals surface area (Å²) in [5.41, 5.74) is -0.318. The Morgan fingerprint density at radius 3 is 2.62 bits per heavy atom. The van der Waals surface area contributed by atoms with Crippen LogP contribution in [0.5, 0.6) is 0 Å². The van der Waals surface area contributed by atoms with Crippen LogP contribution in [0.2, 0.25) is 0 Å². The van der Waals surface area contributed by atoms with Crippen LogP contribution in [0.25, 0.3) is 22.3 Å². The van der Waals surface area contributed by atoms with Crippen molar-refractivity contribution in [3.63, 3.8) is 0 Å². The minimum atomic E-state index is -0.898. The maximum atomic E-state index is 14.0. The molecule has 0 radical (unpaired) electrons. The van der Waals surface area contributed by atoms with E-state index in [1.54, 1.807) is 48.5 Å². The summed E-state index contributed by atoms with van der Waals surface area (Å²) in [4.78, 5) is 25.2. The van der Waals surface area contributed by atoms with Gasteiger partial charge in [-0.25, -0.2) is 9.18 Å². The summed E-state index contributed by atoms with van der Waals surface area (Å²) in [5, 5.41) is 7.37. The zero-order valence-electron chi connectivity index (χ0n) is 15.1. The molecule has 5 rings (SSSR count). The van der Waals surface area contributed by atoms with Gasteiger partial charge in [-0.3, -0.25) is 4.79 Å². The van der Waals surface area contributed by atoms with Gasteiger partial charge in [0.05, 0.1) is 16.7 Å². The van der Waals surface area contributed by atoms with Crippen LogP contribution in [-0.4, -0.2) is 11.1 Å². The van der Waals surface area contributed by atoms with Gasteiger partial charge in [0.2, 0.25) is 5.91 Å². The van der Waals surface area contributed by atoms with Crippen LogP contribution in [0.15, 0.2) is 74.4 Å². The predicted octanol–water partition coefficient (Wildman–Crippen LogP) is 4.26. The molecule has 2 aromatic heterocycles. The van der Waals surface area contributed by atoms with Crippen molar-refractivity contribution < 1.29 is 18.1 Å². The molecule has 0 bridgehead atoms. The molecule has 2 aromatic carbocycles. The number of nitrogens with zero attached hydrogens (tertiary/aromatic N) is 1. The first-order chi connectivity index (χ1) is 14.1. The van der Waals surface area contributed by atoms with Gasteiger partial charge in [0.25, 0.3) is 0 Å². The molecule has 0 atom stereocenters. The summed E-state index contributed by atoms with van der Waals surface area (Å²) in [6, 6.07) is 16.4. The number of halogens is 1. The number of para-hydroxylation sites is 1. The van der Waals surface area contributed by atoms with E-state index in [0.29, 0.717) is 29.5 Å². The molecule has 144 valence electrons. The first-order valence-corrected chi connectivity index (χ1v) is 9.13. The first-order valence-electron chi connectivity index (χ1n) is 9.13. The van der Waals surface area contributed by atoms with Gasteiger partial charge in [-0.1, -0.05) is 35.5 Å². The molecule has 0 unspecified atom stereocenters. The van der Waals surface area contributed by atoms with E-state index in [1.807, 2.05) is 6.07 Å². The van der Waals surface area contributed by atoms with Crippen LogP contribution >= 0.6 is 0 Å². The second-order valence-corrected chi connectivity index (χ2v) is 7.08. The van der Waals surface area contributed by atoms with Gasteiger partial charge in [0, 0.05) is 11.5 Å². The van der Waals surface area contributed by atoms with E-state index in [9.17, 15) is 14.0 Å². The van der Waals surface area contributed by atoms with Crippen molar-refractivity contribution >= 4 is 22.6 Å². The fourth-order valence-corrected chi connectivity index (χ4v) is 3.40. The second-order valence-electron chi connectivity index (χ2n) is 7.08. The van der Waals surface area contributed by atoms with Crippen molar-refractivity contribution in [1.29, 1.82) is 0 Å². The summed E-state index contributed by atoms with van der Waals surface area (Å²) in [5.74, 6) is -0.547. The largest absolute Gasteiger partial charge is 0.421 e. The molecule has 0 saturated heterocycles. The smallest absolute Gasteiger partial charge is 0.360 e. The summed E-state index contributed by atoms with van der Waals surface area (Å²) in [6.07, 6.45) is 1.11. The van der Waals surface area contributed by atoms with Gasteiger partial charge >= 0.3 is 5.63 Å². The number of aromatic nitrogens is 1. The molecular weight excluding hydrogens is 375 g/mol. The molecule has 1 saturated carbocycles. The van der Waals surface area contributed by atoms with Crippen molar-refractivity contribution in [2.75, 3.05) is 5.32 Å². The Morgan fingerprint density at radius 2 is 1.83 bits per heavy atom. The van der Waals surface area contributed by atoms with E-state index >= 15 is 0 Å². The van der Waals surface area contributed by atoms with E-state index < -0.39 is 16.9 Å². The third-order valence-corrected chi connectivity index (χ3v) is 5.21. The van der Waals surface area contributed by atoms with Crippen LogP contribution in [0.3, 0.4) is 0 Å². The van der Waals surface area contributed by atoms with E-state index in [0.717, 1.165) is 0 Å². The lowest BCUT2D eigenvalue weighted by atomic mass is 10.00. The predicted molar refractivity (Wildman–Crippen MR) is 104 cm³/mol. The zero-order chi connectivity index (χ0) is 20.0. The molecule has 7 heteroatoms. The molecule has 6 nitrogen and oxygen atoms in total. The minimum Gasteiger partial charge on any atom is -0.421 e. The third kappa shape index (κ3) is 2.91. The lowest BCUT2D eigenvalue weighted by Crippen LogP contribution is -2.30. The minimum absolute atomic E-state index is 0.0674. The maximum Gasteiger partial charge on any atom is 0.360 e. The van der Waals surface area contributed by atoms with Crippen molar-refractivity contribution in [3.05, 3.63) is 82.6 Å². The summed E-state index contributed by atoms with van der Waals surface area (Å²) >= 11 is 0. The number of rotatable bonds is 4. The van der Waals surface area contributed by atoms with Gasteiger partial charge in [0.1, 0.15) is 17.1 Å². The number of fused-ring (bicyclic) bond motifs is 1. The molecule has 0 spiro atoms. The molecular formula is C22H15FN2O4. The molecule has 1 N–H and O–H groups in total. The molecule has 4 aromatic rings. The summed E-state index contributed by atoms with van der Waals surface area (Å²) in [6.45, 7) is 0. The van der Waals surface area contributed by atoms with Gasteiger partial charge in [-0.2, -0.15) is 0 Å². The van der Waals surface area contributed by atoms with Gasteiger partial charge in [0.15, 0.2) is 5.76 Å². The zero-order valence-corrected chi connectivity index (χ0v) is 15.1. The molecule has 1 aliphatic carbocycles. The van der Waals surface area contributed by atoms with E-state index in [-0.39, 0.29) is 22.9 Å². The van der Waals surface area contributed by atoms with Crippen LogP contribution in [0.1, 0.15) is 18.5 Å². The highest BCUT2D eigenvalue weighted by atomic mass is 19.1. The second kappa shape index (κ2) is 6.41. The summed E-state index contributed by atoms with van der Waals surface area (Å²) < 4.78 is 24.6. The third-order valence-electron chi connectivity index (χ3n) is 5.21. The lowest BCUT2D eigenvalue weighted by molar-refractivity contribution is -0.118. The van der Waals surface area contributed by atoms with Crippen molar-refractivity contribution in [2.24, 2.45) is 0 Å². The van der Waals surface area contributed by atoms with Crippen molar-refractivity contribution in [1.82, 2.24) is 5.16 Å². The number of carbonyl (C=O) groups excluding carboxylic acids is 1. The van der Waals surface area contributed by atoms with Crippen LogP contribution in [-0.2, 0) is 10.2 Å². The lowest BCUT2D eigenvalue weighted by Gasteiger charge is -2.12. The van der Waals surface area contributed by atoms with E-state index in [1.165, 1.54) is 6.07 Å². The number of anilines is 1. The van der Waals surface area contributed by atoms with E-state index in [4.69, 9.17) is 8.94 Å². The number of carbonyl (C=O) groups is 1. The number of nitrogens with one attached hydrogen (secondary N) is 1. The van der Waals surface area contributed by atoms with Gasteiger partial charge in [-0.15, -0.1) is 0 Å². The molecule has 2 heterocycles. The Bertz CT molecular complexity index is 1300. The maximum absolute atomic E-state index is 14.0. The number of amides is 1. The van der Waals surface area contributed by atoms with E-state index in [2.05, 4.69) is 10.5 Å². The number of benzene rings is 2. The Labute approximate surface area is 163 Å². The Kier molecular flexibility index (Phi) is 3.84. The molecule has 0 aliphatic heterocycles. The Balaban J connectivity index is 1.44. The van der Waals surface area contributed by atoms with Gasteiger partial charge < -0.3 is 14.3 Å². The standard InChI is InChI=1S/C22H15FN2O4/c23-15-7-3-2-6-14(15)18-12-19(25-29-18)22(9-10-22)21(27)24-16-11-13-5-1-4-8-17(13)28-20(16)26/h1-8,11-12H,9-10H2,(H,24,27). The topological polar surface area (TPSA) is 85.3 Å². The highest BCUT2D eigenvalue weighted by Gasteiger charge is 2.54. The van der Waals surface area contributed by atoms with Crippen molar-refractivity contribution in [3.8, 4) is 11.3 Å². The Morgan fingerprint density at radius 1 is 1.07 bits per heavy atom. The molecule has 29 heavy (non-hydrogen) atoms. The normalized spacial score (nSPS) is 14.7. The fourth-order valence-electron chi connectivity index (χ4n) is 3.40. The highest BCUT2D eigenvalue weighted by molar-refractivity contribution is 6.01. The number of hydrogen-bond donors (Lipinski definition) is 1. The SMILES string of the molecule is O=C(Nc1cc2ccccc2oc1=O)C1(c2cc(-c3ccccc3F)on2)CC1. The highest BCUT2D eigenvalue weighted by Crippen LogP contribution is 2.49. The number of hydrogen-bond acceptors (Lipinski definition) is 5. The average molecular weight is 390 g/mol. The molecule has 1 amide bonds. The first kappa shape index (κ1) is 17.4. The van der Waals surface area contributed by atoms with Crippen molar-refractivity contribution in [2.45, 2.75) is 18.3 Å². The Hall–Kier alpha value is -3.74. The average Bonchev–Trinajstić information content (AvgIpc) is 3.39. The van der Waals surface area contributed by atoms with Crippen LogP contribution < -0.4 is 10.9 Å².